The summed E-state index contributed by atoms with van der Waals surface area (Å²) in [6, 6.07) is 9.90. The molecule has 0 amide bonds. The molecule has 0 fully saturated rings. The molecule has 0 aliphatic carbocycles. The summed E-state index contributed by atoms with van der Waals surface area (Å²) in [5.41, 5.74) is 1.62. The number of pyridine rings is 1. The fourth-order valence-corrected chi connectivity index (χ4v) is 3.28. The van der Waals surface area contributed by atoms with Gasteiger partial charge >= 0.3 is 0 Å². The van der Waals surface area contributed by atoms with Crippen LogP contribution in [0.5, 0.6) is 0 Å². The van der Waals surface area contributed by atoms with Crippen molar-refractivity contribution in [3.8, 4) is 17.1 Å². The van der Waals surface area contributed by atoms with E-state index in [1.54, 1.807) is 24.5 Å². The fourth-order valence-electron chi connectivity index (χ4n) is 2.49. The lowest BCUT2D eigenvalue weighted by Gasteiger charge is -2.09. The number of nitrogens with zero attached hydrogens (tertiary/aromatic N) is 6. The van der Waals surface area contributed by atoms with Gasteiger partial charge in [0.15, 0.2) is 11.0 Å². The number of hydrogen-bond acceptors (Lipinski definition) is 7. The molecule has 0 unspecified atom stereocenters. The van der Waals surface area contributed by atoms with Crippen molar-refractivity contribution in [2.45, 2.75) is 24.3 Å². The first-order valence-corrected chi connectivity index (χ1v) is 9.29. The van der Waals surface area contributed by atoms with Crippen molar-refractivity contribution in [3.63, 3.8) is 0 Å². The zero-order valence-electron chi connectivity index (χ0n) is 14.4. The molecular formula is C18H15FN6OS. The number of hydrogen-bond donors (Lipinski definition) is 0. The Morgan fingerprint density at radius 1 is 0.963 bits per heavy atom. The van der Waals surface area contributed by atoms with E-state index in [-0.39, 0.29) is 5.82 Å². The number of rotatable bonds is 6. The van der Waals surface area contributed by atoms with E-state index in [4.69, 9.17) is 4.42 Å². The van der Waals surface area contributed by atoms with Crippen molar-refractivity contribution in [1.29, 1.82) is 0 Å². The van der Waals surface area contributed by atoms with E-state index in [1.807, 2.05) is 23.6 Å². The quantitative estimate of drug-likeness (QED) is 0.470. The van der Waals surface area contributed by atoms with E-state index in [9.17, 15) is 4.39 Å². The zero-order chi connectivity index (χ0) is 18.6. The number of aryl methyl sites for hydroxylation is 1. The van der Waals surface area contributed by atoms with Gasteiger partial charge in [-0.15, -0.1) is 20.4 Å². The third kappa shape index (κ3) is 3.72. The Kier molecular flexibility index (Phi) is 4.93. The highest BCUT2D eigenvalue weighted by Gasteiger charge is 2.17. The Morgan fingerprint density at radius 2 is 1.70 bits per heavy atom. The minimum atomic E-state index is -0.301. The highest BCUT2D eigenvalue weighted by atomic mass is 32.2. The van der Waals surface area contributed by atoms with Gasteiger partial charge in [-0.25, -0.2) is 4.39 Å². The summed E-state index contributed by atoms with van der Waals surface area (Å²) < 4.78 is 20.8. The van der Waals surface area contributed by atoms with Crippen LogP contribution in [0.2, 0.25) is 0 Å². The number of benzene rings is 1. The van der Waals surface area contributed by atoms with E-state index >= 15 is 0 Å². The molecule has 1 aromatic carbocycles. The summed E-state index contributed by atoms with van der Waals surface area (Å²) in [6.45, 7) is 1.95. The summed E-state index contributed by atoms with van der Waals surface area (Å²) >= 11 is 1.42. The van der Waals surface area contributed by atoms with Crippen LogP contribution in [-0.2, 0) is 12.2 Å². The van der Waals surface area contributed by atoms with Crippen molar-refractivity contribution in [1.82, 2.24) is 29.9 Å². The summed E-state index contributed by atoms with van der Waals surface area (Å²) in [5, 5.41) is 17.3. The second kappa shape index (κ2) is 7.67. The highest BCUT2D eigenvalue weighted by Crippen LogP contribution is 2.29. The summed E-state index contributed by atoms with van der Waals surface area (Å²) in [6.07, 6.45) is 4.07. The van der Waals surface area contributed by atoms with E-state index in [1.165, 1.54) is 23.9 Å². The van der Waals surface area contributed by atoms with Crippen LogP contribution >= 0.6 is 11.8 Å². The maximum absolute atomic E-state index is 13.4. The van der Waals surface area contributed by atoms with Crippen molar-refractivity contribution < 1.29 is 8.81 Å². The standard InChI is InChI=1S/C18H15FN6OS/c1-2-15-21-22-16(26-15)11-27-18-24-23-17(12-7-9-20-10-8-12)25(18)14-5-3-13(19)4-6-14/h3-10H,2,11H2,1H3. The Balaban J connectivity index is 1.70. The van der Waals surface area contributed by atoms with Gasteiger partial charge in [-0.3, -0.25) is 9.55 Å². The lowest BCUT2D eigenvalue weighted by atomic mass is 10.2. The minimum Gasteiger partial charge on any atom is -0.424 e. The Hall–Kier alpha value is -3.07. The van der Waals surface area contributed by atoms with Gasteiger partial charge in [-0.1, -0.05) is 18.7 Å². The average molecular weight is 382 g/mol. The first-order valence-electron chi connectivity index (χ1n) is 8.30. The second-order valence-electron chi connectivity index (χ2n) is 5.59. The molecule has 7 nitrogen and oxygen atoms in total. The molecule has 0 saturated heterocycles. The predicted molar refractivity (Wildman–Crippen MR) is 97.8 cm³/mol. The molecule has 27 heavy (non-hydrogen) atoms. The molecule has 3 heterocycles. The topological polar surface area (TPSA) is 82.5 Å². The highest BCUT2D eigenvalue weighted by molar-refractivity contribution is 7.98. The monoisotopic (exact) mass is 382 g/mol. The van der Waals surface area contributed by atoms with Crippen LogP contribution in [0.3, 0.4) is 0 Å². The van der Waals surface area contributed by atoms with Crippen molar-refractivity contribution in [2.24, 2.45) is 0 Å². The first-order chi connectivity index (χ1) is 13.2. The van der Waals surface area contributed by atoms with Gasteiger partial charge in [-0.2, -0.15) is 0 Å². The van der Waals surface area contributed by atoms with E-state index in [0.717, 1.165) is 11.3 Å². The van der Waals surface area contributed by atoms with Crippen molar-refractivity contribution in [2.75, 3.05) is 0 Å². The minimum absolute atomic E-state index is 0.301. The van der Waals surface area contributed by atoms with Gasteiger partial charge in [-0.05, 0) is 36.4 Å². The van der Waals surface area contributed by atoms with Crippen LogP contribution in [-0.4, -0.2) is 29.9 Å². The number of aromatic nitrogens is 6. The van der Waals surface area contributed by atoms with E-state index in [0.29, 0.717) is 34.9 Å². The smallest absolute Gasteiger partial charge is 0.226 e. The molecule has 0 aliphatic heterocycles. The lowest BCUT2D eigenvalue weighted by molar-refractivity contribution is 0.470. The molecule has 3 aromatic heterocycles. The van der Waals surface area contributed by atoms with Gasteiger partial charge < -0.3 is 4.42 Å². The Morgan fingerprint density at radius 3 is 2.41 bits per heavy atom. The summed E-state index contributed by atoms with van der Waals surface area (Å²) in [7, 11) is 0. The molecule has 4 rings (SSSR count). The maximum Gasteiger partial charge on any atom is 0.226 e. The lowest BCUT2D eigenvalue weighted by Crippen LogP contribution is -2.00. The second-order valence-corrected chi connectivity index (χ2v) is 6.53. The normalized spacial score (nSPS) is 11.0. The molecule has 0 saturated carbocycles. The van der Waals surface area contributed by atoms with Crippen molar-refractivity contribution >= 4 is 11.8 Å². The zero-order valence-corrected chi connectivity index (χ0v) is 15.2. The van der Waals surface area contributed by atoms with Gasteiger partial charge in [0.05, 0.1) is 5.75 Å². The summed E-state index contributed by atoms with van der Waals surface area (Å²) in [4.78, 5) is 4.04. The molecule has 4 aromatic rings. The first kappa shape index (κ1) is 17.3. The van der Waals surface area contributed by atoms with E-state index < -0.39 is 0 Å². The van der Waals surface area contributed by atoms with Gasteiger partial charge in [0.2, 0.25) is 11.8 Å². The van der Waals surface area contributed by atoms with Crippen LogP contribution in [0.15, 0.2) is 58.4 Å². The summed E-state index contributed by atoms with van der Waals surface area (Å²) in [5.74, 6) is 1.93. The van der Waals surface area contributed by atoms with Crippen LogP contribution < -0.4 is 0 Å². The van der Waals surface area contributed by atoms with Crippen LogP contribution in [0, 0.1) is 5.82 Å². The van der Waals surface area contributed by atoms with Gasteiger partial charge in [0.1, 0.15) is 5.82 Å². The molecule has 0 atom stereocenters. The van der Waals surface area contributed by atoms with Gasteiger partial charge in [0, 0.05) is 30.1 Å². The third-order valence-electron chi connectivity index (χ3n) is 3.79. The molecule has 0 N–H and O–H groups in total. The predicted octanol–water partition coefficient (Wildman–Crippen LogP) is 3.71. The third-order valence-corrected chi connectivity index (χ3v) is 4.71. The largest absolute Gasteiger partial charge is 0.424 e. The molecular weight excluding hydrogens is 367 g/mol. The van der Waals surface area contributed by atoms with Crippen molar-refractivity contribution in [3.05, 3.63) is 66.4 Å². The molecule has 0 bridgehead atoms. The van der Waals surface area contributed by atoms with Crippen LogP contribution in [0.25, 0.3) is 17.1 Å². The van der Waals surface area contributed by atoms with Crippen LogP contribution in [0.4, 0.5) is 4.39 Å². The molecule has 136 valence electrons. The van der Waals surface area contributed by atoms with Gasteiger partial charge in [0.25, 0.3) is 0 Å². The maximum atomic E-state index is 13.4. The Labute approximate surface area is 158 Å². The van der Waals surface area contributed by atoms with Crippen LogP contribution in [0.1, 0.15) is 18.7 Å². The molecule has 9 heteroatoms. The molecule has 0 aliphatic rings. The average Bonchev–Trinajstić information content (AvgIpc) is 3.34. The molecule has 0 spiro atoms. The molecule has 0 radical (unpaired) electrons. The SMILES string of the molecule is CCc1nnc(CSc2nnc(-c3ccncc3)n2-c2ccc(F)cc2)o1. The Bertz CT molecular complexity index is 1030. The fraction of sp³-hybridized carbons (Fsp3) is 0.167. The van der Waals surface area contributed by atoms with E-state index in [2.05, 4.69) is 25.4 Å². The number of halogens is 1. The number of thioether (sulfide) groups is 1.